The molecule has 4 nitrogen and oxygen atoms in total. The van der Waals surface area contributed by atoms with Crippen LogP contribution in [0.1, 0.15) is 68.4 Å². The SMILES string of the molecule is CCC(CC)(c1ccc(C#CC(O)(C(F)(F)F)C(F)(F)F)c(C)c1)c1ccc(OCC2COC(C)(C)OC2)c(C)c1. The number of hydrogen-bond acceptors (Lipinski definition) is 4. The van der Waals surface area contributed by atoms with Gasteiger partial charge in [-0.05, 0) is 80.8 Å². The zero-order chi connectivity index (χ0) is 30.9. The minimum atomic E-state index is -6.01. The minimum absolute atomic E-state index is 0.0410. The Balaban J connectivity index is 1.88. The van der Waals surface area contributed by atoms with Gasteiger partial charge in [0, 0.05) is 16.9 Å². The predicted octanol–water partition coefficient (Wildman–Crippen LogP) is 7.39. The van der Waals surface area contributed by atoms with Gasteiger partial charge in [-0.3, -0.25) is 0 Å². The maximum atomic E-state index is 13.0. The summed E-state index contributed by atoms with van der Waals surface area (Å²) in [6.07, 6.45) is -10.6. The van der Waals surface area contributed by atoms with Crippen LogP contribution in [0.25, 0.3) is 0 Å². The molecular weight excluding hydrogens is 550 g/mol. The first kappa shape index (κ1) is 32.8. The highest BCUT2D eigenvalue weighted by atomic mass is 19.4. The molecule has 1 fully saturated rings. The third-order valence-corrected chi connectivity index (χ3v) is 7.72. The average Bonchev–Trinajstić information content (AvgIpc) is 2.88. The van der Waals surface area contributed by atoms with Crippen molar-refractivity contribution in [1.29, 1.82) is 0 Å². The molecule has 3 rings (SSSR count). The van der Waals surface area contributed by atoms with Crippen molar-refractivity contribution in [2.75, 3.05) is 19.8 Å². The van der Waals surface area contributed by atoms with E-state index in [2.05, 4.69) is 0 Å². The molecular formula is C31H36F6O4. The lowest BCUT2D eigenvalue weighted by atomic mass is 9.70. The monoisotopic (exact) mass is 586 g/mol. The molecule has 1 aliphatic heterocycles. The van der Waals surface area contributed by atoms with Crippen molar-refractivity contribution in [3.63, 3.8) is 0 Å². The maximum absolute atomic E-state index is 13.0. The van der Waals surface area contributed by atoms with E-state index >= 15 is 0 Å². The fraction of sp³-hybridized carbons (Fsp3) is 0.548. The van der Waals surface area contributed by atoms with Crippen molar-refractivity contribution in [3.05, 3.63) is 64.2 Å². The Hall–Kier alpha value is -2.74. The van der Waals surface area contributed by atoms with Crippen molar-refractivity contribution >= 4 is 0 Å². The van der Waals surface area contributed by atoms with Gasteiger partial charge in [0.15, 0.2) is 5.79 Å². The van der Waals surface area contributed by atoms with E-state index in [1.165, 1.54) is 6.07 Å². The second-order valence-electron chi connectivity index (χ2n) is 11.0. The largest absolute Gasteiger partial charge is 0.493 e. The van der Waals surface area contributed by atoms with E-state index in [-0.39, 0.29) is 11.5 Å². The number of hydrogen-bond donors (Lipinski definition) is 1. The highest BCUT2D eigenvalue weighted by Gasteiger charge is 2.70. The number of aliphatic hydroxyl groups is 1. The molecule has 0 aromatic heterocycles. The average molecular weight is 587 g/mol. The van der Waals surface area contributed by atoms with E-state index in [1.807, 2.05) is 58.7 Å². The van der Waals surface area contributed by atoms with Gasteiger partial charge >= 0.3 is 18.0 Å². The third kappa shape index (κ3) is 6.85. The molecule has 0 saturated carbocycles. The molecule has 1 heterocycles. The van der Waals surface area contributed by atoms with Crippen LogP contribution in [0.4, 0.5) is 26.3 Å². The summed E-state index contributed by atoms with van der Waals surface area (Å²) in [6, 6.07) is 10.7. The lowest BCUT2D eigenvalue weighted by Crippen LogP contribution is -2.55. The summed E-state index contributed by atoms with van der Waals surface area (Å²) in [5.41, 5.74) is -2.48. The quantitative estimate of drug-likeness (QED) is 0.272. The molecule has 1 N–H and O–H groups in total. The van der Waals surface area contributed by atoms with Gasteiger partial charge in [0.2, 0.25) is 0 Å². The summed E-state index contributed by atoms with van der Waals surface area (Å²) in [5, 5.41) is 9.38. The number of rotatable bonds is 7. The summed E-state index contributed by atoms with van der Waals surface area (Å²) in [6.45, 7) is 12.8. The first-order valence-electron chi connectivity index (χ1n) is 13.4. The van der Waals surface area contributed by atoms with Gasteiger partial charge in [0.05, 0.1) is 19.8 Å². The maximum Gasteiger partial charge on any atom is 0.438 e. The lowest BCUT2D eigenvalue weighted by Gasteiger charge is -2.35. The normalized spacial score (nSPS) is 16.7. The van der Waals surface area contributed by atoms with E-state index in [1.54, 1.807) is 19.1 Å². The van der Waals surface area contributed by atoms with Crippen molar-refractivity contribution < 1.29 is 45.7 Å². The molecule has 0 aliphatic carbocycles. The van der Waals surface area contributed by atoms with Crippen molar-refractivity contribution in [2.45, 2.75) is 83.5 Å². The third-order valence-electron chi connectivity index (χ3n) is 7.72. The minimum Gasteiger partial charge on any atom is -0.493 e. The van der Waals surface area contributed by atoms with Gasteiger partial charge in [-0.25, -0.2) is 0 Å². The number of halogens is 6. The Morgan fingerprint density at radius 1 is 0.878 bits per heavy atom. The van der Waals surface area contributed by atoms with E-state index in [4.69, 9.17) is 14.2 Å². The van der Waals surface area contributed by atoms with E-state index < -0.39 is 29.2 Å². The van der Waals surface area contributed by atoms with Crippen LogP contribution in [-0.2, 0) is 14.9 Å². The molecule has 1 aliphatic rings. The predicted molar refractivity (Wildman–Crippen MR) is 143 cm³/mol. The van der Waals surface area contributed by atoms with E-state index in [0.29, 0.717) is 38.2 Å². The fourth-order valence-electron chi connectivity index (χ4n) is 4.93. The van der Waals surface area contributed by atoms with E-state index in [0.717, 1.165) is 28.4 Å². The molecule has 41 heavy (non-hydrogen) atoms. The van der Waals surface area contributed by atoms with Crippen molar-refractivity contribution in [3.8, 4) is 17.6 Å². The number of benzene rings is 2. The van der Waals surface area contributed by atoms with Gasteiger partial charge < -0.3 is 19.3 Å². The zero-order valence-electron chi connectivity index (χ0n) is 24.0. The standard InChI is InChI=1S/C31H36F6O4/c1-7-28(8-2,25-11-12-26(21(4)16-25)39-17-22-18-40-27(5,6)41-19-22)24-10-9-23(20(3)15-24)13-14-29(38,30(32,33)34)31(35,36)37/h9-12,15-16,22,38H,7-8,17-19H2,1-6H3. The van der Waals surface area contributed by atoms with Crippen LogP contribution in [0.2, 0.25) is 0 Å². The molecule has 0 radical (unpaired) electrons. The topological polar surface area (TPSA) is 47.9 Å². The summed E-state index contributed by atoms with van der Waals surface area (Å²) in [7, 11) is 0. The van der Waals surface area contributed by atoms with Crippen LogP contribution in [0.3, 0.4) is 0 Å². The zero-order valence-corrected chi connectivity index (χ0v) is 24.0. The highest BCUT2D eigenvalue weighted by Crippen LogP contribution is 2.43. The number of ether oxygens (including phenoxy) is 3. The molecule has 1 saturated heterocycles. The van der Waals surface area contributed by atoms with Crippen molar-refractivity contribution in [2.24, 2.45) is 5.92 Å². The molecule has 0 bridgehead atoms. The molecule has 2 aromatic rings. The second kappa shape index (κ2) is 11.9. The van der Waals surface area contributed by atoms with Crippen LogP contribution in [0.5, 0.6) is 5.75 Å². The Morgan fingerprint density at radius 3 is 1.85 bits per heavy atom. The van der Waals surface area contributed by atoms with Crippen LogP contribution in [-0.4, -0.2) is 48.7 Å². The molecule has 2 aromatic carbocycles. The first-order chi connectivity index (χ1) is 18.9. The summed E-state index contributed by atoms with van der Waals surface area (Å²) < 4.78 is 95.7. The second-order valence-corrected chi connectivity index (χ2v) is 11.0. The Bertz CT molecular complexity index is 1260. The van der Waals surface area contributed by atoms with Crippen LogP contribution >= 0.6 is 0 Å². The van der Waals surface area contributed by atoms with Crippen LogP contribution in [0, 0.1) is 31.6 Å². The highest BCUT2D eigenvalue weighted by molar-refractivity contribution is 5.50. The van der Waals surface area contributed by atoms with Gasteiger partial charge in [0.1, 0.15) is 5.75 Å². The Morgan fingerprint density at radius 2 is 1.39 bits per heavy atom. The molecule has 0 spiro atoms. The summed E-state index contributed by atoms with van der Waals surface area (Å²) in [5.74, 6) is 3.16. The fourth-order valence-corrected chi connectivity index (χ4v) is 4.93. The molecule has 0 atom stereocenters. The smallest absolute Gasteiger partial charge is 0.438 e. The molecule has 0 amide bonds. The van der Waals surface area contributed by atoms with Gasteiger partial charge in [-0.1, -0.05) is 44.0 Å². The molecule has 0 unspecified atom stereocenters. The van der Waals surface area contributed by atoms with Crippen molar-refractivity contribution in [1.82, 2.24) is 0 Å². The van der Waals surface area contributed by atoms with Crippen LogP contribution in [0.15, 0.2) is 36.4 Å². The summed E-state index contributed by atoms with van der Waals surface area (Å²) in [4.78, 5) is 0. The first-order valence-corrected chi connectivity index (χ1v) is 13.4. The molecule has 226 valence electrons. The number of aryl methyl sites for hydroxylation is 2. The van der Waals surface area contributed by atoms with Gasteiger partial charge in [-0.15, -0.1) is 0 Å². The van der Waals surface area contributed by atoms with Gasteiger partial charge in [0.25, 0.3) is 0 Å². The van der Waals surface area contributed by atoms with Crippen LogP contribution < -0.4 is 4.74 Å². The Labute approximate surface area is 237 Å². The van der Waals surface area contributed by atoms with E-state index in [9.17, 15) is 31.4 Å². The number of alkyl halides is 6. The lowest BCUT2D eigenvalue weighted by molar-refractivity contribution is -0.343. The van der Waals surface area contributed by atoms with Gasteiger partial charge in [-0.2, -0.15) is 26.3 Å². The molecule has 10 heteroatoms. The summed E-state index contributed by atoms with van der Waals surface area (Å²) >= 11 is 0. The Kier molecular flexibility index (Phi) is 9.48.